The van der Waals surface area contributed by atoms with E-state index in [-0.39, 0.29) is 22.3 Å². The second-order valence-corrected chi connectivity index (χ2v) is 7.22. The molecule has 0 bridgehead atoms. The van der Waals surface area contributed by atoms with Gasteiger partial charge in [-0.05, 0) is 19.9 Å². The lowest BCUT2D eigenvalue weighted by atomic mass is 10.1. The third-order valence-corrected chi connectivity index (χ3v) is 5.07. The van der Waals surface area contributed by atoms with Gasteiger partial charge < -0.3 is 10.1 Å². The van der Waals surface area contributed by atoms with E-state index in [9.17, 15) is 24.5 Å². The Kier molecular flexibility index (Phi) is 6.50. The normalized spacial score (nSPS) is 10.5. The zero-order valence-electron chi connectivity index (χ0n) is 16.5. The second kappa shape index (κ2) is 9.26. The highest BCUT2D eigenvalue weighted by Gasteiger charge is 2.18. The number of carbonyl (C=O) groups is 2. The zero-order valence-corrected chi connectivity index (χ0v) is 17.3. The van der Waals surface area contributed by atoms with Crippen LogP contribution in [0.4, 0.5) is 10.8 Å². The summed E-state index contributed by atoms with van der Waals surface area (Å²) in [6.07, 6.45) is 0. The number of hydrogen-bond donors (Lipinski definition) is 1. The Bertz CT molecular complexity index is 1220. The van der Waals surface area contributed by atoms with Crippen LogP contribution in [0.15, 0.2) is 41.2 Å². The summed E-state index contributed by atoms with van der Waals surface area (Å²) in [6, 6.07) is 8.43. The minimum absolute atomic E-state index is 0.119. The summed E-state index contributed by atoms with van der Waals surface area (Å²) in [5, 5.41) is 17.8. The van der Waals surface area contributed by atoms with E-state index in [1.54, 1.807) is 19.9 Å². The Morgan fingerprint density at radius 3 is 2.77 bits per heavy atom. The van der Waals surface area contributed by atoms with Gasteiger partial charge in [0.2, 0.25) is 5.91 Å². The number of aryl methyl sites for hydroxylation is 1. The largest absolute Gasteiger partial charge is 0.462 e. The van der Waals surface area contributed by atoms with Crippen molar-refractivity contribution in [3.05, 3.63) is 67.4 Å². The first-order valence-electron chi connectivity index (χ1n) is 9.06. The number of nitrogens with zero attached hydrogens (tertiary/aromatic N) is 4. The molecule has 0 aliphatic carbocycles. The molecule has 0 unspecified atom stereocenters. The molecule has 1 N–H and O–H groups in total. The van der Waals surface area contributed by atoms with Crippen LogP contribution in [0, 0.1) is 17.0 Å². The number of hydrogen-bond acceptors (Lipinski definition) is 9. The minimum atomic E-state index is -0.574. The van der Waals surface area contributed by atoms with E-state index in [1.165, 1.54) is 30.3 Å². The molecule has 31 heavy (non-hydrogen) atoms. The van der Waals surface area contributed by atoms with Crippen LogP contribution >= 0.6 is 11.3 Å². The molecule has 0 spiro atoms. The maximum Gasteiger partial charge on any atom is 0.350 e. The number of non-ortho nitro benzene ring substituents is 1. The molecular formula is C19H17N5O6S. The van der Waals surface area contributed by atoms with Crippen molar-refractivity contribution in [2.75, 3.05) is 11.9 Å². The molecule has 2 heterocycles. The van der Waals surface area contributed by atoms with Crippen molar-refractivity contribution >= 4 is 34.0 Å². The van der Waals surface area contributed by atoms with Gasteiger partial charge in [0.15, 0.2) is 5.13 Å². The Hall–Kier alpha value is -3.93. The molecular weight excluding hydrogens is 426 g/mol. The summed E-state index contributed by atoms with van der Waals surface area (Å²) < 4.78 is 5.88. The number of nitro benzene ring substituents is 1. The van der Waals surface area contributed by atoms with Gasteiger partial charge in [0.25, 0.3) is 11.2 Å². The highest BCUT2D eigenvalue weighted by molar-refractivity contribution is 7.17. The van der Waals surface area contributed by atoms with Crippen molar-refractivity contribution in [1.82, 2.24) is 14.8 Å². The van der Waals surface area contributed by atoms with Crippen molar-refractivity contribution in [3.63, 3.8) is 0 Å². The number of nitrogens with one attached hydrogen (secondary N) is 1. The Morgan fingerprint density at radius 1 is 1.29 bits per heavy atom. The molecule has 0 atom stereocenters. The van der Waals surface area contributed by atoms with Gasteiger partial charge in [-0.25, -0.2) is 14.5 Å². The molecule has 0 aliphatic heterocycles. The highest BCUT2D eigenvalue weighted by Crippen LogP contribution is 2.24. The summed E-state index contributed by atoms with van der Waals surface area (Å²) in [5.74, 6) is -1.10. The second-order valence-electron chi connectivity index (χ2n) is 6.22. The number of rotatable bonds is 7. The van der Waals surface area contributed by atoms with Crippen LogP contribution in [0.25, 0.3) is 11.3 Å². The lowest BCUT2D eigenvalue weighted by Gasteiger charge is -2.07. The Labute approximate surface area is 179 Å². The van der Waals surface area contributed by atoms with E-state index >= 15 is 0 Å². The van der Waals surface area contributed by atoms with Crippen LogP contribution in [0.5, 0.6) is 0 Å². The maximum atomic E-state index is 12.4. The molecule has 0 radical (unpaired) electrons. The molecule has 12 heteroatoms. The fraction of sp³-hybridized carbons (Fsp3) is 0.211. The molecule has 0 fully saturated rings. The molecule has 11 nitrogen and oxygen atoms in total. The lowest BCUT2D eigenvalue weighted by molar-refractivity contribution is -0.384. The van der Waals surface area contributed by atoms with Crippen LogP contribution in [0.3, 0.4) is 0 Å². The summed E-state index contributed by atoms with van der Waals surface area (Å²) in [4.78, 5) is 51.2. The average Bonchev–Trinajstić information content (AvgIpc) is 3.09. The fourth-order valence-electron chi connectivity index (χ4n) is 2.63. The fourth-order valence-corrected chi connectivity index (χ4v) is 3.50. The van der Waals surface area contributed by atoms with Gasteiger partial charge in [-0.3, -0.25) is 19.7 Å². The number of aromatic nitrogens is 3. The van der Waals surface area contributed by atoms with Gasteiger partial charge in [0.1, 0.15) is 11.4 Å². The standard InChI is InChI=1S/C19H17N5O6S/c1-3-30-18(27)17-11(2)20-19(31-17)21-15(25)10-23-16(26)8-7-14(22-23)12-5-4-6-13(9-12)24(28)29/h4-9H,3,10H2,1-2H3,(H,20,21,25). The third-order valence-electron chi connectivity index (χ3n) is 4.02. The first kappa shape index (κ1) is 21.8. The van der Waals surface area contributed by atoms with Crippen LogP contribution in [-0.4, -0.2) is 38.2 Å². The summed E-state index contributed by atoms with van der Waals surface area (Å²) in [5.41, 5.74) is 0.503. The predicted molar refractivity (Wildman–Crippen MR) is 112 cm³/mol. The van der Waals surface area contributed by atoms with Gasteiger partial charge in [0, 0.05) is 23.8 Å². The van der Waals surface area contributed by atoms with Crippen LogP contribution in [0.1, 0.15) is 22.3 Å². The summed E-state index contributed by atoms with van der Waals surface area (Å²) in [6.45, 7) is 3.11. The molecule has 0 aliphatic rings. The highest BCUT2D eigenvalue weighted by atomic mass is 32.1. The van der Waals surface area contributed by atoms with Gasteiger partial charge in [-0.2, -0.15) is 5.10 Å². The molecule has 0 saturated heterocycles. The predicted octanol–water partition coefficient (Wildman–Crippen LogP) is 2.40. The number of thiazole rings is 1. The van der Waals surface area contributed by atoms with Crippen molar-refractivity contribution in [1.29, 1.82) is 0 Å². The van der Waals surface area contributed by atoms with Crippen molar-refractivity contribution in [3.8, 4) is 11.3 Å². The first-order valence-corrected chi connectivity index (χ1v) is 9.87. The van der Waals surface area contributed by atoms with E-state index in [2.05, 4.69) is 15.4 Å². The van der Waals surface area contributed by atoms with Gasteiger partial charge in [-0.15, -0.1) is 0 Å². The smallest absolute Gasteiger partial charge is 0.350 e. The first-order chi connectivity index (χ1) is 14.8. The molecule has 160 valence electrons. The Balaban J connectivity index is 1.78. The summed E-state index contributed by atoms with van der Waals surface area (Å²) >= 11 is 0.966. The number of anilines is 1. The van der Waals surface area contributed by atoms with Gasteiger partial charge >= 0.3 is 5.97 Å². The van der Waals surface area contributed by atoms with E-state index in [0.29, 0.717) is 17.0 Å². The van der Waals surface area contributed by atoms with Gasteiger partial charge in [-0.1, -0.05) is 23.5 Å². The number of ether oxygens (including phenoxy) is 1. The van der Waals surface area contributed by atoms with Crippen molar-refractivity contribution < 1.29 is 19.2 Å². The van der Waals surface area contributed by atoms with Crippen LogP contribution in [-0.2, 0) is 16.1 Å². The molecule has 1 amide bonds. The van der Waals surface area contributed by atoms with E-state index in [4.69, 9.17) is 4.74 Å². The lowest BCUT2D eigenvalue weighted by Crippen LogP contribution is -2.29. The quantitative estimate of drug-likeness (QED) is 0.333. The van der Waals surface area contributed by atoms with Crippen molar-refractivity contribution in [2.45, 2.75) is 20.4 Å². The molecule has 1 aromatic carbocycles. The number of carbonyl (C=O) groups excluding carboxylic acids is 2. The van der Waals surface area contributed by atoms with Crippen LogP contribution < -0.4 is 10.9 Å². The third kappa shape index (κ3) is 5.17. The number of nitro groups is 1. The molecule has 3 rings (SSSR count). The number of benzene rings is 1. The van der Waals surface area contributed by atoms with E-state index < -0.39 is 28.9 Å². The maximum absolute atomic E-state index is 12.4. The van der Waals surface area contributed by atoms with Crippen molar-refractivity contribution in [2.24, 2.45) is 0 Å². The number of esters is 1. The average molecular weight is 443 g/mol. The molecule has 2 aromatic heterocycles. The summed E-state index contributed by atoms with van der Waals surface area (Å²) in [7, 11) is 0. The van der Waals surface area contributed by atoms with E-state index in [0.717, 1.165) is 16.0 Å². The zero-order chi connectivity index (χ0) is 22.5. The van der Waals surface area contributed by atoms with Gasteiger partial charge in [0.05, 0.1) is 22.9 Å². The monoisotopic (exact) mass is 443 g/mol. The van der Waals surface area contributed by atoms with Crippen LogP contribution in [0.2, 0.25) is 0 Å². The topological polar surface area (TPSA) is 146 Å². The SMILES string of the molecule is CCOC(=O)c1sc(NC(=O)Cn2nc(-c3cccc([N+](=O)[O-])c3)ccc2=O)nc1C. The number of amides is 1. The molecule has 0 saturated carbocycles. The Morgan fingerprint density at radius 2 is 2.06 bits per heavy atom. The van der Waals surface area contributed by atoms with E-state index in [1.807, 2.05) is 0 Å². The molecule has 3 aromatic rings. The minimum Gasteiger partial charge on any atom is -0.462 e.